The van der Waals surface area contributed by atoms with Gasteiger partial charge in [-0.05, 0) is 54.4 Å². The number of nitrogens with zero attached hydrogens (tertiary/aromatic N) is 4. The third kappa shape index (κ3) is 7.15. The van der Waals surface area contributed by atoms with Crippen molar-refractivity contribution in [3.63, 3.8) is 0 Å². The first kappa shape index (κ1) is 29.3. The van der Waals surface area contributed by atoms with Gasteiger partial charge in [0, 0.05) is 37.3 Å². The summed E-state index contributed by atoms with van der Waals surface area (Å²) in [4.78, 5) is 21.3. The van der Waals surface area contributed by atoms with Crippen LogP contribution in [0.2, 0.25) is 10.0 Å². The van der Waals surface area contributed by atoms with E-state index >= 15 is 0 Å². The molecule has 3 heterocycles. The lowest BCUT2D eigenvalue weighted by molar-refractivity contribution is 0.201. The minimum absolute atomic E-state index is 0.0612. The zero-order valence-electron chi connectivity index (χ0n) is 22.4. The van der Waals surface area contributed by atoms with Gasteiger partial charge in [0.1, 0.15) is 30.5 Å². The smallest absolute Gasteiger partial charge is 0.223 e. The average molecular weight is 607 g/mol. The highest BCUT2D eigenvalue weighted by Crippen LogP contribution is 2.40. The molecule has 12 heteroatoms. The van der Waals surface area contributed by atoms with E-state index in [-0.39, 0.29) is 19.8 Å². The van der Waals surface area contributed by atoms with Gasteiger partial charge in [-0.2, -0.15) is 0 Å². The van der Waals surface area contributed by atoms with Crippen LogP contribution in [0.4, 0.5) is 5.95 Å². The van der Waals surface area contributed by atoms with Gasteiger partial charge in [0.25, 0.3) is 0 Å². The van der Waals surface area contributed by atoms with Crippen LogP contribution in [0.1, 0.15) is 12.0 Å². The minimum Gasteiger partial charge on any atom is -0.491 e. The number of anilines is 1. The second-order valence-corrected chi connectivity index (χ2v) is 9.90. The number of benzene rings is 2. The van der Waals surface area contributed by atoms with Gasteiger partial charge in [-0.15, -0.1) is 0 Å². The molecule has 2 aromatic carbocycles. The van der Waals surface area contributed by atoms with Crippen molar-refractivity contribution in [2.45, 2.75) is 13.0 Å². The van der Waals surface area contributed by atoms with Gasteiger partial charge >= 0.3 is 0 Å². The fraction of sp³-hybridized carbons (Fsp3) is 0.200. The second-order valence-electron chi connectivity index (χ2n) is 9.08. The summed E-state index contributed by atoms with van der Waals surface area (Å²) >= 11 is 13.3. The molecule has 0 saturated heterocycles. The van der Waals surface area contributed by atoms with E-state index in [0.717, 1.165) is 11.1 Å². The van der Waals surface area contributed by atoms with Gasteiger partial charge in [-0.25, -0.2) is 15.0 Å². The van der Waals surface area contributed by atoms with Gasteiger partial charge in [0.05, 0.1) is 39.3 Å². The molecule has 0 unspecified atom stereocenters. The summed E-state index contributed by atoms with van der Waals surface area (Å²) in [5, 5.41) is 22.0. The predicted octanol–water partition coefficient (Wildman–Crippen LogP) is 5.65. The van der Waals surface area contributed by atoms with E-state index in [0.29, 0.717) is 75.5 Å². The van der Waals surface area contributed by atoms with Crippen LogP contribution in [-0.2, 0) is 6.61 Å². The Balaban J connectivity index is 1.55. The second kappa shape index (κ2) is 14.1. The molecule has 0 atom stereocenters. The van der Waals surface area contributed by atoms with Crippen LogP contribution in [0.5, 0.6) is 11.5 Å². The summed E-state index contributed by atoms with van der Waals surface area (Å²) in [6.45, 7) is 0.945. The number of hydrogen-bond donors (Lipinski definition) is 4. The Morgan fingerprint density at radius 2 is 1.67 bits per heavy atom. The molecular weight excluding hydrogens is 579 g/mol. The Labute approximate surface area is 252 Å². The SMILES string of the molecule is OCCCNc1nccc(-c2[nH]c(-c3c(Cl)cc(OCCO)cc3Cl)nc2-c2cccc(OCc3ccncc3)c2)n1. The molecule has 0 amide bonds. The zero-order valence-corrected chi connectivity index (χ0v) is 23.9. The lowest BCUT2D eigenvalue weighted by Gasteiger charge is -2.09. The number of halogens is 2. The summed E-state index contributed by atoms with van der Waals surface area (Å²) in [6, 6.07) is 16.4. The molecule has 0 radical (unpaired) electrons. The largest absolute Gasteiger partial charge is 0.491 e. The van der Waals surface area contributed by atoms with Crippen molar-refractivity contribution in [3.05, 3.63) is 88.8 Å². The van der Waals surface area contributed by atoms with Crippen molar-refractivity contribution in [1.82, 2.24) is 24.9 Å². The number of H-pyrrole nitrogens is 1. The normalized spacial score (nSPS) is 11.0. The van der Waals surface area contributed by atoms with Crippen LogP contribution in [-0.4, -0.2) is 61.5 Å². The maximum Gasteiger partial charge on any atom is 0.223 e. The molecule has 216 valence electrons. The first-order valence-corrected chi connectivity index (χ1v) is 13.9. The number of hydrogen-bond acceptors (Lipinski definition) is 9. The van der Waals surface area contributed by atoms with E-state index in [4.69, 9.17) is 47.9 Å². The molecule has 10 nitrogen and oxygen atoms in total. The van der Waals surface area contributed by atoms with Gasteiger partial charge in [0.15, 0.2) is 0 Å². The average Bonchev–Trinajstić information content (AvgIpc) is 3.45. The lowest BCUT2D eigenvalue weighted by atomic mass is 10.1. The summed E-state index contributed by atoms with van der Waals surface area (Å²) in [7, 11) is 0. The molecule has 0 saturated carbocycles. The Morgan fingerprint density at radius 1 is 0.857 bits per heavy atom. The highest BCUT2D eigenvalue weighted by molar-refractivity contribution is 6.39. The number of nitrogens with one attached hydrogen (secondary N) is 2. The molecule has 5 rings (SSSR count). The highest BCUT2D eigenvalue weighted by atomic mass is 35.5. The lowest BCUT2D eigenvalue weighted by Crippen LogP contribution is -2.07. The topological polar surface area (TPSA) is 138 Å². The van der Waals surface area contributed by atoms with E-state index in [1.807, 2.05) is 36.4 Å². The molecule has 5 aromatic rings. The number of imidazole rings is 1. The number of aliphatic hydroxyl groups excluding tert-OH is 2. The molecule has 3 aromatic heterocycles. The summed E-state index contributed by atoms with van der Waals surface area (Å²) in [5.74, 6) is 1.94. The van der Waals surface area contributed by atoms with Crippen molar-refractivity contribution < 1.29 is 19.7 Å². The maximum atomic E-state index is 9.13. The highest BCUT2D eigenvalue weighted by Gasteiger charge is 2.21. The van der Waals surface area contributed by atoms with E-state index in [2.05, 4.69) is 25.3 Å². The van der Waals surface area contributed by atoms with Crippen molar-refractivity contribution in [2.24, 2.45) is 0 Å². The van der Waals surface area contributed by atoms with Gasteiger partial charge in [-0.1, -0.05) is 35.3 Å². The molecule has 4 N–H and O–H groups in total. The number of aromatic amines is 1. The Hall–Kier alpha value is -4.22. The monoisotopic (exact) mass is 606 g/mol. The number of aliphatic hydroxyl groups is 2. The Bertz CT molecular complexity index is 1610. The van der Waals surface area contributed by atoms with Crippen LogP contribution >= 0.6 is 23.2 Å². The zero-order chi connectivity index (χ0) is 29.3. The first-order chi connectivity index (χ1) is 20.6. The Kier molecular flexibility index (Phi) is 9.83. The van der Waals surface area contributed by atoms with Gasteiger partial charge in [0.2, 0.25) is 5.95 Å². The van der Waals surface area contributed by atoms with Crippen molar-refractivity contribution in [3.8, 4) is 45.5 Å². The summed E-state index contributed by atoms with van der Waals surface area (Å²) in [6.07, 6.45) is 5.66. The number of pyridine rings is 1. The number of aromatic nitrogens is 5. The fourth-order valence-electron chi connectivity index (χ4n) is 4.15. The van der Waals surface area contributed by atoms with Crippen LogP contribution in [0, 0.1) is 0 Å². The van der Waals surface area contributed by atoms with Crippen LogP contribution < -0.4 is 14.8 Å². The third-order valence-corrected chi connectivity index (χ3v) is 6.70. The van der Waals surface area contributed by atoms with E-state index in [9.17, 15) is 0 Å². The summed E-state index contributed by atoms with van der Waals surface area (Å²) < 4.78 is 11.5. The molecule has 0 fully saturated rings. The molecule has 0 aliphatic carbocycles. The quantitative estimate of drug-likeness (QED) is 0.125. The molecular formula is C30H28Cl2N6O4. The van der Waals surface area contributed by atoms with E-state index < -0.39 is 0 Å². The molecule has 0 aliphatic heterocycles. The third-order valence-electron chi connectivity index (χ3n) is 6.11. The van der Waals surface area contributed by atoms with Crippen molar-refractivity contribution in [2.75, 3.05) is 31.7 Å². The van der Waals surface area contributed by atoms with Crippen LogP contribution in [0.15, 0.2) is 73.2 Å². The Morgan fingerprint density at radius 3 is 2.43 bits per heavy atom. The van der Waals surface area contributed by atoms with Crippen LogP contribution in [0.25, 0.3) is 34.0 Å². The maximum absolute atomic E-state index is 9.13. The number of rotatable bonds is 13. The molecule has 0 spiro atoms. The standard InChI is InChI=1S/C30H28Cl2N6O4/c31-23-16-22(41-14-13-40)17-24(32)26(23)29-37-27(28(38-29)25-7-11-35-30(36-25)34-8-2-12-39)20-3-1-4-21(15-20)42-18-19-5-9-33-10-6-19/h1,3-7,9-11,15-17,39-40H,2,8,12-14,18H2,(H,37,38)(H,34,35,36). The van der Waals surface area contributed by atoms with E-state index in [1.54, 1.807) is 36.8 Å². The van der Waals surface area contributed by atoms with Crippen molar-refractivity contribution >= 4 is 29.2 Å². The van der Waals surface area contributed by atoms with Gasteiger partial charge in [-0.3, -0.25) is 4.98 Å². The van der Waals surface area contributed by atoms with Crippen molar-refractivity contribution in [1.29, 1.82) is 0 Å². The van der Waals surface area contributed by atoms with Crippen LogP contribution in [0.3, 0.4) is 0 Å². The van der Waals surface area contributed by atoms with E-state index in [1.165, 1.54) is 0 Å². The van der Waals surface area contributed by atoms with Gasteiger partial charge < -0.3 is 30.0 Å². The predicted molar refractivity (Wildman–Crippen MR) is 162 cm³/mol. The molecule has 42 heavy (non-hydrogen) atoms. The molecule has 0 bridgehead atoms. The first-order valence-electron chi connectivity index (χ1n) is 13.2. The number of ether oxygens (including phenoxy) is 2. The summed E-state index contributed by atoms with van der Waals surface area (Å²) in [5.41, 5.74) is 4.08. The minimum atomic E-state index is -0.136. The molecule has 0 aliphatic rings. The fourth-order valence-corrected chi connectivity index (χ4v) is 4.80.